The first kappa shape index (κ1) is 32.2. The Morgan fingerprint density at radius 3 is 2.33 bits per heavy atom. The second kappa shape index (κ2) is 12.1. The lowest BCUT2D eigenvalue weighted by atomic mass is 9.92. The SMILES string of the molecule is O=S(=O)(N[C@H]1CC2=C(c3ccn(C(F)F)n3)[C@H](c3ccc(F)cc3Cl)N=C(c3nccs3)N2C1)c1ccc(S(=O)(=O)C(F)F)cc1. The van der Waals surface area contributed by atoms with Gasteiger partial charge in [-0.25, -0.2) is 35.6 Å². The number of hydrogen-bond donors (Lipinski definition) is 1. The molecular formula is C27H20ClF5N6O4S3. The molecule has 46 heavy (non-hydrogen) atoms. The van der Waals surface area contributed by atoms with Crippen LogP contribution in [0.2, 0.25) is 5.02 Å². The van der Waals surface area contributed by atoms with E-state index in [0.717, 1.165) is 36.5 Å². The molecule has 242 valence electrons. The fourth-order valence-electron chi connectivity index (χ4n) is 5.23. The van der Waals surface area contributed by atoms with Gasteiger partial charge in [0.2, 0.25) is 19.9 Å². The topological polar surface area (TPSA) is 127 Å². The van der Waals surface area contributed by atoms with Crippen LogP contribution in [0.4, 0.5) is 22.0 Å². The number of sulfone groups is 1. The monoisotopic (exact) mass is 718 g/mol. The Kier molecular flexibility index (Phi) is 8.51. The lowest BCUT2D eigenvalue weighted by molar-refractivity contribution is 0.0564. The van der Waals surface area contributed by atoms with E-state index in [1.165, 1.54) is 29.5 Å². The van der Waals surface area contributed by atoms with Gasteiger partial charge >= 0.3 is 12.3 Å². The molecule has 0 unspecified atom stereocenters. The molecule has 2 aliphatic heterocycles. The molecule has 1 N–H and O–H groups in total. The Morgan fingerprint density at radius 2 is 1.72 bits per heavy atom. The summed E-state index contributed by atoms with van der Waals surface area (Å²) >= 11 is 7.70. The van der Waals surface area contributed by atoms with Crippen molar-refractivity contribution in [3.8, 4) is 0 Å². The minimum Gasteiger partial charge on any atom is -0.326 e. The maximum absolute atomic E-state index is 14.0. The molecule has 2 aromatic carbocycles. The molecule has 0 aliphatic carbocycles. The molecule has 6 rings (SSSR count). The Bertz CT molecular complexity index is 2070. The van der Waals surface area contributed by atoms with Crippen molar-refractivity contribution >= 4 is 54.2 Å². The van der Waals surface area contributed by atoms with E-state index in [-0.39, 0.29) is 28.6 Å². The first-order valence-electron chi connectivity index (χ1n) is 13.2. The number of thiazole rings is 1. The van der Waals surface area contributed by atoms with Crippen molar-refractivity contribution in [3.05, 3.63) is 99.1 Å². The largest absolute Gasteiger partial charge is 0.341 e. The van der Waals surface area contributed by atoms with E-state index >= 15 is 0 Å². The van der Waals surface area contributed by atoms with Crippen LogP contribution in [0.15, 0.2) is 86.8 Å². The quantitative estimate of drug-likeness (QED) is 0.227. The van der Waals surface area contributed by atoms with Crippen LogP contribution in [0.3, 0.4) is 0 Å². The first-order valence-corrected chi connectivity index (χ1v) is 17.5. The van der Waals surface area contributed by atoms with Crippen LogP contribution in [-0.4, -0.2) is 60.7 Å². The summed E-state index contributed by atoms with van der Waals surface area (Å²) < 4.78 is 120. The summed E-state index contributed by atoms with van der Waals surface area (Å²) in [6.45, 7) is -2.94. The van der Waals surface area contributed by atoms with Gasteiger partial charge in [0.15, 0.2) is 10.8 Å². The van der Waals surface area contributed by atoms with Gasteiger partial charge in [0, 0.05) is 58.6 Å². The molecule has 0 spiro atoms. The third kappa shape index (κ3) is 5.94. The summed E-state index contributed by atoms with van der Waals surface area (Å²) in [6, 6.07) is 6.57. The number of benzene rings is 2. The molecule has 0 saturated carbocycles. The van der Waals surface area contributed by atoms with Crippen LogP contribution < -0.4 is 4.72 Å². The molecule has 0 radical (unpaired) electrons. The fourth-order valence-corrected chi connectivity index (χ4v) is 8.09. The number of amidine groups is 1. The maximum Gasteiger partial charge on any atom is 0.341 e. The molecule has 19 heteroatoms. The summed E-state index contributed by atoms with van der Waals surface area (Å²) in [6.07, 6.45) is 2.63. The molecule has 1 fully saturated rings. The molecule has 0 amide bonds. The van der Waals surface area contributed by atoms with Gasteiger partial charge in [0.1, 0.15) is 11.9 Å². The molecule has 1 saturated heterocycles. The van der Waals surface area contributed by atoms with Crippen LogP contribution in [0.25, 0.3) is 5.57 Å². The standard InChI is InChI=1S/C27H20ClF5N6O4S3/c28-19-11-14(29)1-6-18(19)23-22(20-7-9-39(36-20)26(30)31)21-12-15(13-38(21)24(35-23)25-34-8-10-44-25)37-46(42,43)17-4-2-16(3-5-17)45(40,41)27(32)33/h1-11,15,23,26-27,37H,12-13H2/t15-,23-/m0/s1. The highest BCUT2D eigenvalue weighted by Gasteiger charge is 2.42. The maximum atomic E-state index is 14.0. The highest BCUT2D eigenvalue weighted by atomic mass is 35.5. The number of sulfonamides is 1. The van der Waals surface area contributed by atoms with Crippen molar-refractivity contribution in [1.82, 2.24) is 24.4 Å². The van der Waals surface area contributed by atoms with Gasteiger partial charge in [-0.3, -0.25) is 4.99 Å². The summed E-state index contributed by atoms with van der Waals surface area (Å²) in [5, 5.41) is 6.21. The van der Waals surface area contributed by atoms with E-state index < -0.39 is 55.0 Å². The summed E-state index contributed by atoms with van der Waals surface area (Å²) in [5.74, 6) is -3.96. The summed E-state index contributed by atoms with van der Waals surface area (Å²) in [4.78, 5) is 9.79. The molecule has 4 aromatic rings. The lowest BCUT2D eigenvalue weighted by Crippen LogP contribution is -2.39. The van der Waals surface area contributed by atoms with Gasteiger partial charge in [-0.1, -0.05) is 17.7 Å². The van der Waals surface area contributed by atoms with Crippen LogP contribution in [-0.2, 0) is 19.9 Å². The number of nitrogens with one attached hydrogen (secondary N) is 1. The second-order valence-corrected chi connectivity index (χ2v) is 15.0. The Morgan fingerprint density at radius 1 is 1.00 bits per heavy atom. The van der Waals surface area contributed by atoms with E-state index in [0.29, 0.717) is 32.4 Å². The number of aromatic nitrogens is 3. The van der Waals surface area contributed by atoms with Gasteiger partial charge in [-0.05, 0) is 42.5 Å². The second-order valence-electron chi connectivity index (χ2n) is 10.1. The highest BCUT2D eigenvalue weighted by molar-refractivity contribution is 7.91. The number of hydrogen-bond acceptors (Lipinski definition) is 9. The summed E-state index contributed by atoms with van der Waals surface area (Å²) in [7, 11) is -9.26. The van der Waals surface area contributed by atoms with Crippen LogP contribution >= 0.6 is 22.9 Å². The first-order chi connectivity index (χ1) is 21.8. The van der Waals surface area contributed by atoms with Crippen molar-refractivity contribution in [2.45, 2.75) is 40.6 Å². The molecule has 2 aliphatic rings. The van der Waals surface area contributed by atoms with Gasteiger partial charge < -0.3 is 4.90 Å². The van der Waals surface area contributed by atoms with E-state index in [1.54, 1.807) is 16.5 Å². The predicted octanol–water partition coefficient (Wildman–Crippen LogP) is 5.49. The van der Waals surface area contributed by atoms with Crippen LogP contribution in [0.5, 0.6) is 0 Å². The van der Waals surface area contributed by atoms with E-state index in [1.807, 2.05) is 0 Å². The van der Waals surface area contributed by atoms with Crippen molar-refractivity contribution < 1.29 is 38.8 Å². The average molecular weight is 719 g/mol. The van der Waals surface area contributed by atoms with Gasteiger partial charge in [-0.15, -0.1) is 11.3 Å². The zero-order chi connectivity index (χ0) is 33.0. The predicted molar refractivity (Wildman–Crippen MR) is 158 cm³/mol. The van der Waals surface area contributed by atoms with Crippen LogP contribution in [0, 0.1) is 5.82 Å². The van der Waals surface area contributed by atoms with Crippen LogP contribution in [0.1, 0.15) is 35.3 Å². The van der Waals surface area contributed by atoms with E-state index in [4.69, 9.17) is 16.6 Å². The average Bonchev–Trinajstić information content (AvgIpc) is 3.78. The third-order valence-corrected chi connectivity index (χ3v) is 11.3. The smallest absolute Gasteiger partial charge is 0.326 e. The van der Waals surface area contributed by atoms with Gasteiger partial charge in [0.25, 0.3) is 0 Å². The third-order valence-electron chi connectivity index (χ3n) is 7.24. The van der Waals surface area contributed by atoms with E-state index in [9.17, 15) is 38.8 Å². The highest BCUT2D eigenvalue weighted by Crippen LogP contribution is 2.46. The molecule has 2 aromatic heterocycles. The van der Waals surface area contributed by atoms with E-state index in [2.05, 4.69) is 14.8 Å². The number of alkyl halides is 4. The van der Waals surface area contributed by atoms with Gasteiger partial charge in [-0.2, -0.15) is 22.7 Å². The molecule has 0 bridgehead atoms. The normalized spacial score (nSPS) is 18.9. The lowest BCUT2D eigenvalue weighted by Gasteiger charge is -2.32. The minimum atomic E-state index is -4.94. The van der Waals surface area contributed by atoms with Crippen molar-refractivity contribution in [2.75, 3.05) is 6.54 Å². The van der Waals surface area contributed by atoms with Crippen molar-refractivity contribution in [3.63, 3.8) is 0 Å². The molecule has 10 nitrogen and oxygen atoms in total. The summed E-state index contributed by atoms with van der Waals surface area (Å²) in [5.41, 5.74) is 1.24. The zero-order valence-corrected chi connectivity index (χ0v) is 26.1. The Balaban J connectivity index is 1.42. The minimum absolute atomic E-state index is 0.00760. The number of rotatable bonds is 9. The number of nitrogens with zero attached hydrogens (tertiary/aromatic N) is 5. The number of aliphatic imine (C=N–C) groups is 1. The number of fused-ring (bicyclic) bond motifs is 1. The fraction of sp³-hybridized carbons (Fsp3) is 0.222. The Labute approximate surface area is 267 Å². The van der Waals surface area contributed by atoms with Crippen molar-refractivity contribution in [1.29, 1.82) is 0 Å². The molecule has 4 heterocycles. The van der Waals surface area contributed by atoms with Crippen molar-refractivity contribution in [2.24, 2.45) is 4.99 Å². The zero-order valence-electron chi connectivity index (χ0n) is 22.9. The molecular weight excluding hydrogens is 699 g/mol. The Hall–Kier alpha value is -3.71. The van der Waals surface area contributed by atoms with Gasteiger partial charge in [0.05, 0.1) is 15.5 Å². The number of halogens is 6. The molecule has 2 atom stereocenters.